The molecular weight excluding hydrogens is 841 g/mol. The van der Waals surface area contributed by atoms with E-state index in [1.165, 1.54) is 18.2 Å². The van der Waals surface area contributed by atoms with Gasteiger partial charge >= 0.3 is 0 Å². The van der Waals surface area contributed by atoms with Crippen LogP contribution in [0.25, 0.3) is 121 Å². The van der Waals surface area contributed by atoms with Crippen molar-refractivity contribution in [2.75, 3.05) is 0 Å². The van der Waals surface area contributed by atoms with Crippen molar-refractivity contribution in [2.45, 2.75) is 0 Å². The molecule has 14 aromatic rings. The first-order valence-corrected chi connectivity index (χ1v) is 22.6. The van der Waals surface area contributed by atoms with E-state index in [1.807, 2.05) is 60.7 Å². The Morgan fingerprint density at radius 2 is 0.721 bits per heavy atom. The number of hydrogen-bond donors (Lipinski definition) is 0. The molecule has 0 fully saturated rings. The van der Waals surface area contributed by atoms with E-state index in [1.54, 1.807) is 12.1 Å². The van der Waals surface area contributed by atoms with Gasteiger partial charge in [-0.1, -0.05) is 127 Å². The minimum atomic E-state index is -0.697. The van der Waals surface area contributed by atoms with Gasteiger partial charge in [0.2, 0.25) is 0 Å². The van der Waals surface area contributed by atoms with Crippen molar-refractivity contribution >= 4 is 87.2 Å². The van der Waals surface area contributed by atoms with Crippen LogP contribution in [0.2, 0.25) is 0 Å². The summed E-state index contributed by atoms with van der Waals surface area (Å²) in [5, 5.41) is 19.9. The fraction of sp³-hybridized carbons (Fsp3) is 0. The number of fused-ring (bicyclic) bond motifs is 14. The van der Waals surface area contributed by atoms with Gasteiger partial charge in [-0.2, -0.15) is 5.26 Å². The van der Waals surface area contributed by atoms with Crippen molar-refractivity contribution in [2.24, 2.45) is 0 Å². The van der Waals surface area contributed by atoms with E-state index in [9.17, 15) is 5.26 Å². The minimum Gasteiger partial charge on any atom is -0.309 e. The van der Waals surface area contributed by atoms with E-state index in [-0.39, 0.29) is 5.56 Å². The van der Waals surface area contributed by atoms with Crippen molar-refractivity contribution < 1.29 is 8.78 Å². The second-order valence-corrected chi connectivity index (χ2v) is 17.4. The maximum atomic E-state index is 16.4. The number of aromatic nitrogens is 4. The first kappa shape index (κ1) is 38.1. The van der Waals surface area contributed by atoms with Crippen LogP contribution in [0.15, 0.2) is 212 Å². The fourth-order valence-electron chi connectivity index (χ4n) is 11.2. The molecule has 0 radical (unpaired) electrons. The molecule has 7 heteroatoms. The average molecular weight is 876 g/mol. The monoisotopic (exact) mass is 875 g/mol. The predicted molar refractivity (Wildman–Crippen MR) is 274 cm³/mol. The van der Waals surface area contributed by atoms with Gasteiger partial charge in [-0.15, -0.1) is 0 Å². The third-order valence-corrected chi connectivity index (χ3v) is 13.9. The molecule has 4 heterocycles. The van der Waals surface area contributed by atoms with E-state index in [0.717, 1.165) is 98.6 Å². The zero-order chi connectivity index (χ0) is 45.2. The number of hydrogen-bond acceptors (Lipinski definition) is 1. The maximum Gasteiger partial charge on any atom is 0.133 e. The summed E-state index contributed by atoms with van der Waals surface area (Å²) in [5.41, 5.74) is 11.1. The summed E-state index contributed by atoms with van der Waals surface area (Å²) in [4.78, 5) is 0. The van der Waals surface area contributed by atoms with E-state index in [0.29, 0.717) is 22.5 Å². The van der Waals surface area contributed by atoms with Gasteiger partial charge in [0, 0.05) is 54.5 Å². The topological polar surface area (TPSA) is 43.5 Å². The summed E-state index contributed by atoms with van der Waals surface area (Å²) < 4.78 is 41.8. The SMILES string of the molecule is N#Cc1c(-n2c3ccccc3c3ccc4c(c5ccccc5n4-c4ccccc4)c32)cc(-c2c(F)cccc2F)cc1-n1c2ccccc2c2ccc3c(c4ccccc4n3-c3ccccc3)c21. The number of benzene rings is 10. The molecular formula is C61H35F2N5. The van der Waals surface area contributed by atoms with Crippen LogP contribution in [-0.2, 0) is 0 Å². The Morgan fingerprint density at radius 3 is 1.15 bits per heavy atom. The first-order chi connectivity index (χ1) is 33.6. The molecule has 0 unspecified atom stereocenters. The summed E-state index contributed by atoms with van der Waals surface area (Å²) in [6, 6.07) is 72.8. The van der Waals surface area contributed by atoms with Crippen molar-refractivity contribution in [3.63, 3.8) is 0 Å². The van der Waals surface area contributed by atoms with Crippen LogP contribution in [0.4, 0.5) is 8.78 Å². The van der Waals surface area contributed by atoms with Gasteiger partial charge in [-0.25, -0.2) is 8.78 Å². The number of para-hydroxylation sites is 6. The molecule has 0 aliphatic heterocycles. The van der Waals surface area contributed by atoms with Crippen molar-refractivity contribution in [1.29, 1.82) is 5.26 Å². The molecule has 0 bridgehead atoms. The smallest absolute Gasteiger partial charge is 0.133 e. The molecule has 0 atom stereocenters. The lowest BCUT2D eigenvalue weighted by molar-refractivity contribution is 0.589. The Balaban J connectivity index is 1.20. The number of rotatable bonds is 5. The van der Waals surface area contributed by atoms with Gasteiger partial charge in [0.1, 0.15) is 23.3 Å². The lowest BCUT2D eigenvalue weighted by Crippen LogP contribution is -2.06. The molecule has 0 aliphatic rings. The van der Waals surface area contributed by atoms with E-state index < -0.39 is 11.6 Å². The number of halogens is 2. The van der Waals surface area contributed by atoms with Crippen LogP contribution in [0.5, 0.6) is 0 Å². The highest BCUT2D eigenvalue weighted by Gasteiger charge is 2.28. The van der Waals surface area contributed by atoms with Crippen LogP contribution < -0.4 is 0 Å². The molecule has 0 aliphatic carbocycles. The highest BCUT2D eigenvalue weighted by atomic mass is 19.1. The molecule has 318 valence electrons. The Morgan fingerprint density at radius 1 is 0.338 bits per heavy atom. The predicted octanol–water partition coefficient (Wildman–Crippen LogP) is 15.9. The second-order valence-electron chi connectivity index (χ2n) is 17.4. The largest absolute Gasteiger partial charge is 0.309 e. The highest BCUT2D eigenvalue weighted by Crippen LogP contribution is 2.47. The quantitative estimate of drug-likeness (QED) is 0.170. The molecule has 0 saturated carbocycles. The number of nitrogens with zero attached hydrogens (tertiary/aromatic N) is 5. The van der Waals surface area contributed by atoms with Gasteiger partial charge in [0.05, 0.1) is 61.1 Å². The van der Waals surface area contributed by atoms with Crippen LogP contribution >= 0.6 is 0 Å². The molecule has 68 heavy (non-hydrogen) atoms. The van der Waals surface area contributed by atoms with E-state index in [4.69, 9.17) is 0 Å². The van der Waals surface area contributed by atoms with E-state index >= 15 is 8.78 Å². The molecule has 0 amide bonds. The van der Waals surface area contributed by atoms with Gasteiger partial charge in [-0.3, -0.25) is 0 Å². The summed E-state index contributed by atoms with van der Waals surface area (Å²) in [5.74, 6) is -1.39. The maximum absolute atomic E-state index is 16.4. The molecule has 5 nitrogen and oxygen atoms in total. The normalized spacial score (nSPS) is 12.0. The molecule has 0 saturated heterocycles. The van der Waals surface area contributed by atoms with Crippen molar-refractivity contribution in [3.8, 4) is 39.9 Å². The summed E-state index contributed by atoms with van der Waals surface area (Å²) in [6.07, 6.45) is 0. The van der Waals surface area contributed by atoms with Crippen molar-refractivity contribution in [1.82, 2.24) is 18.3 Å². The van der Waals surface area contributed by atoms with Gasteiger partial charge in [0.15, 0.2) is 0 Å². The minimum absolute atomic E-state index is 0.169. The Labute approximate surface area is 387 Å². The van der Waals surface area contributed by atoms with Gasteiger partial charge in [-0.05, 0) is 90.5 Å². The Bertz CT molecular complexity index is 4200. The molecule has 4 aromatic heterocycles. The first-order valence-electron chi connectivity index (χ1n) is 22.6. The third kappa shape index (κ3) is 5.17. The summed E-state index contributed by atoms with van der Waals surface area (Å²) in [7, 11) is 0. The van der Waals surface area contributed by atoms with Crippen LogP contribution in [0, 0.1) is 23.0 Å². The summed E-state index contributed by atoms with van der Waals surface area (Å²) in [6.45, 7) is 0. The van der Waals surface area contributed by atoms with Crippen LogP contribution in [0.1, 0.15) is 5.56 Å². The van der Waals surface area contributed by atoms with Crippen molar-refractivity contribution in [3.05, 3.63) is 230 Å². The molecule has 14 rings (SSSR count). The average Bonchev–Trinajstić information content (AvgIpc) is 4.11. The van der Waals surface area contributed by atoms with Gasteiger partial charge < -0.3 is 18.3 Å². The molecule has 0 spiro atoms. The molecule has 10 aromatic carbocycles. The van der Waals surface area contributed by atoms with Gasteiger partial charge in [0.25, 0.3) is 0 Å². The lowest BCUT2D eigenvalue weighted by atomic mass is 9.98. The van der Waals surface area contributed by atoms with E-state index in [2.05, 4.69) is 146 Å². The second kappa shape index (κ2) is 14.4. The fourth-order valence-corrected chi connectivity index (χ4v) is 11.2. The van der Waals surface area contributed by atoms with Crippen LogP contribution in [-0.4, -0.2) is 18.3 Å². The zero-order valence-electron chi connectivity index (χ0n) is 36.2. The highest BCUT2D eigenvalue weighted by molar-refractivity contribution is 6.28. The molecule has 0 N–H and O–H groups in total. The number of nitriles is 1. The standard InChI is InChI=1S/C61H35F2N5/c62-47-24-15-25-48(63)57(47)37-34-55(67-49-26-11-7-20-40(49)42-30-32-53-58(60(42)67)44-22-9-13-28-51(44)65(53)38-16-3-1-4-17-38)46(36-64)56(35-37)68-50-27-12-8-21-41(50)43-31-33-54-59(61(43)68)45-23-10-14-29-52(45)66(54)39-18-5-2-6-19-39/h1-35H. The Kier molecular flexibility index (Phi) is 8.05. The zero-order valence-corrected chi connectivity index (χ0v) is 36.2. The Hall–Kier alpha value is -9.25. The third-order valence-electron chi connectivity index (χ3n) is 13.9. The lowest BCUT2D eigenvalue weighted by Gasteiger charge is -2.19. The van der Waals surface area contributed by atoms with Crippen LogP contribution in [0.3, 0.4) is 0 Å². The summed E-state index contributed by atoms with van der Waals surface area (Å²) >= 11 is 0.